The Hall–Kier alpha value is -4.34. The third-order valence-corrected chi connectivity index (χ3v) is 9.13. The molecular weight excluding hydrogens is 562 g/mol. The highest BCUT2D eigenvalue weighted by molar-refractivity contribution is 7.92. The Bertz CT molecular complexity index is 1740. The topological polar surface area (TPSA) is 111 Å². The number of fused-ring (bicyclic) bond motifs is 3. The number of hydrogen-bond donors (Lipinski definition) is 2. The summed E-state index contributed by atoms with van der Waals surface area (Å²) < 4.78 is 34.8. The number of allylic oxidation sites excluding steroid dienone is 2. The molecule has 0 bridgehead atoms. The summed E-state index contributed by atoms with van der Waals surface area (Å²) in [6, 6.07) is 26.1. The normalized spacial score (nSPS) is 19.1. The number of hydrogen-bond acceptors (Lipinski definition) is 6. The van der Waals surface area contributed by atoms with Gasteiger partial charge in [-0.15, -0.1) is 0 Å². The van der Waals surface area contributed by atoms with Crippen molar-refractivity contribution in [2.45, 2.75) is 29.9 Å². The number of rotatable bonds is 8. The summed E-state index contributed by atoms with van der Waals surface area (Å²) >= 11 is 6.03. The van der Waals surface area contributed by atoms with Crippen LogP contribution in [0, 0.1) is 16.0 Å². The largest absolute Gasteiger partial charge is 0.489 e. The molecule has 4 aromatic rings. The highest BCUT2D eigenvalue weighted by atomic mass is 35.5. The number of halogens is 1. The minimum Gasteiger partial charge on any atom is -0.489 e. The summed E-state index contributed by atoms with van der Waals surface area (Å²) in [6.45, 7) is 0.304. The van der Waals surface area contributed by atoms with Crippen LogP contribution in [0.4, 0.5) is 17.1 Å². The van der Waals surface area contributed by atoms with Crippen molar-refractivity contribution < 1.29 is 18.1 Å². The van der Waals surface area contributed by atoms with Gasteiger partial charge in [0.2, 0.25) is 0 Å². The second-order valence-electron chi connectivity index (χ2n) is 10.1. The molecule has 0 saturated carbocycles. The van der Waals surface area contributed by atoms with Crippen molar-refractivity contribution in [3.63, 3.8) is 0 Å². The minimum atomic E-state index is -3.80. The van der Waals surface area contributed by atoms with E-state index in [4.69, 9.17) is 16.3 Å². The maximum atomic E-state index is 13.2. The van der Waals surface area contributed by atoms with Crippen LogP contribution in [0.15, 0.2) is 108 Å². The van der Waals surface area contributed by atoms with Gasteiger partial charge < -0.3 is 10.1 Å². The van der Waals surface area contributed by atoms with Gasteiger partial charge in [0, 0.05) is 28.8 Å². The van der Waals surface area contributed by atoms with Crippen molar-refractivity contribution in [2.75, 3.05) is 10.0 Å². The molecule has 2 N–H and O–H groups in total. The highest BCUT2D eigenvalue weighted by Gasteiger charge is 2.38. The lowest BCUT2D eigenvalue weighted by atomic mass is 9.77. The van der Waals surface area contributed by atoms with Crippen LogP contribution in [0.3, 0.4) is 0 Å². The second-order valence-corrected chi connectivity index (χ2v) is 12.2. The fourth-order valence-corrected chi connectivity index (χ4v) is 6.76. The molecule has 4 aromatic carbocycles. The van der Waals surface area contributed by atoms with Crippen LogP contribution < -0.4 is 14.8 Å². The number of nitrogens with one attached hydrogen (secondary N) is 2. The first-order chi connectivity index (χ1) is 19.8. The molecule has 0 radical (unpaired) electrons. The molecule has 1 aliphatic carbocycles. The molecule has 0 saturated heterocycles. The van der Waals surface area contributed by atoms with Crippen LogP contribution in [-0.2, 0) is 16.6 Å². The molecule has 0 unspecified atom stereocenters. The molecule has 1 heterocycles. The van der Waals surface area contributed by atoms with Crippen molar-refractivity contribution in [3.8, 4) is 5.75 Å². The quantitative estimate of drug-likeness (QED) is 0.126. The monoisotopic (exact) mass is 587 g/mol. The van der Waals surface area contributed by atoms with Crippen molar-refractivity contribution in [3.05, 3.63) is 135 Å². The third-order valence-electron chi connectivity index (χ3n) is 7.51. The molecule has 41 heavy (non-hydrogen) atoms. The molecule has 0 aromatic heterocycles. The van der Waals surface area contributed by atoms with Gasteiger partial charge in [-0.3, -0.25) is 14.8 Å². The van der Waals surface area contributed by atoms with Gasteiger partial charge >= 0.3 is 0 Å². The van der Waals surface area contributed by atoms with E-state index in [0.717, 1.165) is 28.8 Å². The Morgan fingerprint density at radius 2 is 1.78 bits per heavy atom. The molecule has 2 aliphatic rings. The van der Waals surface area contributed by atoms with Crippen LogP contribution >= 0.6 is 11.6 Å². The lowest BCUT2D eigenvalue weighted by Crippen LogP contribution is -2.29. The first-order valence-electron chi connectivity index (χ1n) is 13.1. The predicted molar refractivity (Wildman–Crippen MR) is 159 cm³/mol. The maximum absolute atomic E-state index is 13.2. The molecule has 10 heteroatoms. The summed E-state index contributed by atoms with van der Waals surface area (Å²) in [4.78, 5) is 10.6. The van der Waals surface area contributed by atoms with E-state index < -0.39 is 14.9 Å². The zero-order valence-corrected chi connectivity index (χ0v) is 23.3. The summed E-state index contributed by atoms with van der Waals surface area (Å²) in [5, 5.41) is 14.9. The number of non-ortho nitro benzene ring substituents is 1. The standard InChI is InChI=1S/C31H26ClN3O5S/c32-22-3-1-4-23(17-22)34-41(38,39)26-15-16-30-29(18-26)27-5-2-6-28(27)31(33-30)21-9-13-25(14-10-21)40-19-20-7-11-24(12-8-20)35(36)37/h1-5,7-18,27-28,31,33-34H,6,19H2/t27-,28+,31+/m0/s1. The van der Waals surface area contributed by atoms with E-state index >= 15 is 0 Å². The van der Waals surface area contributed by atoms with Gasteiger partial charge in [0.1, 0.15) is 12.4 Å². The van der Waals surface area contributed by atoms with Crippen LogP contribution in [0.1, 0.15) is 35.1 Å². The fourth-order valence-electron chi connectivity index (χ4n) is 5.49. The van der Waals surface area contributed by atoms with Gasteiger partial charge in [0.15, 0.2) is 0 Å². The van der Waals surface area contributed by atoms with Gasteiger partial charge in [-0.1, -0.05) is 42.0 Å². The van der Waals surface area contributed by atoms with Crippen LogP contribution in [0.2, 0.25) is 5.02 Å². The Kier molecular flexibility index (Phi) is 7.15. The summed E-state index contributed by atoms with van der Waals surface area (Å²) in [5.74, 6) is 1.01. The number of anilines is 2. The van der Waals surface area contributed by atoms with Gasteiger partial charge in [0.25, 0.3) is 15.7 Å². The smallest absolute Gasteiger partial charge is 0.269 e. The molecule has 0 amide bonds. The molecule has 8 nitrogen and oxygen atoms in total. The SMILES string of the molecule is O=[N+]([O-])c1ccc(COc2ccc([C@H]3Nc4ccc(S(=O)(=O)Nc5cccc(Cl)c5)cc4[C@H]4C=CC[C@H]43)cc2)cc1. The van der Waals surface area contributed by atoms with Crippen LogP contribution in [0.25, 0.3) is 0 Å². The van der Waals surface area contributed by atoms with Gasteiger partial charge in [-0.2, -0.15) is 0 Å². The second kappa shape index (κ2) is 10.9. The van der Waals surface area contributed by atoms with E-state index in [-0.39, 0.29) is 28.5 Å². The average Bonchev–Trinajstić information content (AvgIpc) is 3.46. The Balaban J connectivity index is 1.18. The summed E-state index contributed by atoms with van der Waals surface area (Å²) in [7, 11) is -3.80. The number of nitro benzene ring substituents is 1. The minimum absolute atomic E-state index is 0.0401. The molecule has 208 valence electrons. The van der Waals surface area contributed by atoms with Crippen molar-refractivity contribution in [1.82, 2.24) is 0 Å². The lowest BCUT2D eigenvalue weighted by molar-refractivity contribution is -0.384. The third kappa shape index (κ3) is 5.64. The van der Waals surface area contributed by atoms with E-state index in [1.54, 1.807) is 48.5 Å². The first kappa shape index (κ1) is 26.9. The number of nitro groups is 1. The fraction of sp³-hybridized carbons (Fsp3) is 0.161. The van der Waals surface area contributed by atoms with Crippen molar-refractivity contribution in [1.29, 1.82) is 0 Å². The molecule has 6 rings (SSSR count). The predicted octanol–water partition coefficient (Wildman–Crippen LogP) is 7.45. The van der Waals surface area contributed by atoms with E-state index in [9.17, 15) is 18.5 Å². The number of sulfonamides is 1. The van der Waals surface area contributed by atoms with Gasteiger partial charge in [-0.05, 0) is 89.7 Å². The van der Waals surface area contributed by atoms with Gasteiger partial charge in [-0.25, -0.2) is 8.42 Å². The van der Waals surface area contributed by atoms with Crippen LogP contribution in [0.5, 0.6) is 5.75 Å². The number of benzene rings is 4. The van der Waals surface area contributed by atoms with Crippen molar-refractivity contribution in [2.24, 2.45) is 5.92 Å². The lowest BCUT2D eigenvalue weighted by Gasteiger charge is -2.37. The molecule has 3 atom stereocenters. The van der Waals surface area contributed by atoms with E-state index in [1.165, 1.54) is 12.1 Å². The molecule has 1 aliphatic heterocycles. The Morgan fingerprint density at radius 1 is 1.00 bits per heavy atom. The molecule has 0 fully saturated rings. The van der Waals surface area contributed by atoms with E-state index in [0.29, 0.717) is 23.1 Å². The van der Waals surface area contributed by atoms with Crippen LogP contribution in [-0.4, -0.2) is 13.3 Å². The molecular formula is C31H26ClN3O5S. The molecule has 0 spiro atoms. The Morgan fingerprint density at radius 3 is 2.51 bits per heavy atom. The van der Waals surface area contributed by atoms with Crippen molar-refractivity contribution >= 4 is 38.7 Å². The van der Waals surface area contributed by atoms with E-state index in [2.05, 4.69) is 22.2 Å². The number of ether oxygens (including phenoxy) is 1. The zero-order chi connectivity index (χ0) is 28.6. The van der Waals surface area contributed by atoms with Gasteiger partial charge in [0.05, 0.1) is 21.5 Å². The maximum Gasteiger partial charge on any atom is 0.269 e. The average molecular weight is 588 g/mol. The van der Waals surface area contributed by atoms with E-state index in [1.807, 2.05) is 30.3 Å². The zero-order valence-electron chi connectivity index (χ0n) is 21.7. The highest BCUT2D eigenvalue weighted by Crippen LogP contribution is 2.50. The summed E-state index contributed by atoms with van der Waals surface area (Å²) in [5.41, 5.74) is 4.27. The first-order valence-corrected chi connectivity index (χ1v) is 14.9. The summed E-state index contributed by atoms with van der Waals surface area (Å²) in [6.07, 6.45) is 5.20. The Labute approximate surface area is 242 Å². The number of nitrogens with zero attached hydrogens (tertiary/aromatic N) is 1.